The van der Waals surface area contributed by atoms with Crippen LogP contribution in [-0.4, -0.2) is 26.8 Å². The van der Waals surface area contributed by atoms with Crippen molar-refractivity contribution in [2.24, 2.45) is 0 Å². The van der Waals surface area contributed by atoms with Gasteiger partial charge in [0, 0.05) is 23.6 Å². The summed E-state index contributed by atoms with van der Waals surface area (Å²) >= 11 is 1.26. The monoisotopic (exact) mass is 481 g/mol. The van der Waals surface area contributed by atoms with Crippen molar-refractivity contribution < 1.29 is 14.7 Å². The van der Waals surface area contributed by atoms with Gasteiger partial charge in [-0.1, -0.05) is 36.4 Å². The van der Waals surface area contributed by atoms with Gasteiger partial charge in [-0.05, 0) is 61.7 Å². The van der Waals surface area contributed by atoms with Crippen molar-refractivity contribution in [3.05, 3.63) is 112 Å². The Labute approximate surface area is 207 Å². The van der Waals surface area contributed by atoms with E-state index in [0.29, 0.717) is 26.8 Å². The topological polar surface area (TPSA) is 83.4 Å². The van der Waals surface area contributed by atoms with Gasteiger partial charge >= 0.3 is 0 Å². The Morgan fingerprint density at radius 3 is 2.29 bits per heavy atom. The van der Waals surface area contributed by atoms with E-state index >= 15 is 0 Å². The largest absolute Gasteiger partial charge is 0.503 e. The second kappa shape index (κ2) is 8.92. The molecule has 2 aromatic carbocycles. The number of hydrogen-bond acceptors (Lipinski definition) is 6. The lowest BCUT2D eigenvalue weighted by molar-refractivity contribution is -0.117. The van der Waals surface area contributed by atoms with Gasteiger partial charge in [-0.15, -0.1) is 11.3 Å². The molecule has 3 heterocycles. The number of benzene rings is 2. The number of hydrogen-bond donors (Lipinski definition) is 1. The molecule has 174 valence electrons. The Balaban J connectivity index is 1.64. The first kappa shape index (κ1) is 22.7. The van der Waals surface area contributed by atoms with Crippen LogP contribution < -0.4 is 4.90 Å². The summed E-state index contributed by atoms with van der Waals surface area (Å²) in [5.41, 5.74) is 4.78. The summed E-state index contributed by atoms with van der Waals surface area (Å²) in [7, 11) is 0. The molecule has 1 amide bonds. The van der Waals surface area contributed by atoms with E-state index in [-0.39, 0.29) is 5.57 Å². The number of aryl methyl sites for hydroxylation is 3. The zero-order valence-corrected chi connectivity index (χ0v) is 20.3. The van der Waals surface area contributed by atoms with Crippen molar-refractivity contribution in [2.45, 2.75) is 26.8 Å². The summed E-state index contributed by atoms with van der Waals surface area (Å²) in [4.78, 5) is 37.9. The van der Waals surface area contributed by atoms with Gasteiger partial charge in [-0.3, -0.25) is 19.5 Å². The minimum absolute atomic E-state index is 0.0479. The Morgan fingerprint density at radius 2 is 1.63 bits per heavy atom. The molecule has 0 fully saturated rings. The zero-order chi connectivity index (χ0) is 24.7. The van der Waals surface area contributed by atoms with Crippen molar-refractivity contribution in [1.82, 2.24) is 9.97 Å². The van der Waals surface area contributed by atoms with E-state index in [1.807, 2.05) is 62.4 Å². The molecule has 35 heavy (non-hydrogen) atoms. The van der Waals surface area contributed by atoms with Gasteiger partial charge in [0.2, 0.25) is 5.78 Å². The van der Waals surface area contributed by atoms with Crippen LogP contribution in [0.25, 0.3) is 10.6 Å². The van der Waals surface area contributed by atoms with Gasteiger partial charge in [-0.2, -0.15) is 0 Å². The number of carbonyl (C=O) groups excluding carboxylic acids is 2. The minimum Gasteiger partial charge on any atom is -0.503 e. The number of aliphatic hydroxyl groups excluding tert-OH is 1. The average Bonchev–Trinajstić information content (AvgIpc) is 3.36. The van der Waals surface area contributed by atoms with E-state index < -0.39 is 23.5 Å². The molecule has 1 aliphatic heterocycles. The maximum atomic E-state index is 13.9. The maximum Gasteiger partial charge on any atom is 0.294 e. The Bertz CT molecular complexity index is 1460. The number of Topliss-reactive ketones (excluding diaryl/α,β-unsaturated/α-hetero) is 1. The molecule has 1 N–H and O–H groups in total. The smallest absolute Gasteiger partial charge is 0.294 e. The number of aliphatic hydroxyl groups is 1. The van der Waals surface area contributed by atoms with Crippen LogP contribution in [0.3, 0.4) is 0 Å². The van der Waals surface area contributed by atoms with Gasteiger partial charge in [-0.25, -0.2) is 4.98 Å². The molecule has 0 bridgehead atoms. The molecular formula is C28H23N3O3S. The summed E-state index contributed by atoms with van der Waals surface area (Å²) in [6.07, 6.45) is 3.23. The van der Waals surface area contributed by atoms with Gasteiger partial charge in [0.1, 0.15) is 5.01 Å². The first-order valence-electron chi connectivity index (χ1n) is 11.2. The number of pyridine rings is 1. The van der Waals surface area contributed by atoms with Crippen LogP contribution in [0.1, 0.15) is 38.1 Å². The van der Waals surface area contributed by atoms with Crippen molar-refractivity contribution in [1.29, 1.82) is 0 Å². The van der Waals surface area contributed by atoms with E-state index in [2.05, 4.69) is 9.97 Å². The molecule has 0 saturated carbocycles. The van der Waals surface area contributed by atoms with Gasteiger partial charge < -0.3 is 5.11 Å². The summed E-state index contributed by atoms with van der Waals surface area (Å²) in [5, 5.41) is 11.8. The van der Waals surface area contributed by atoms with Gasteiger partial charge in [0.15, 0.2) is 5.76 Å². The Hall–Kier alpha value is -4.10. The van der Waals surface area contributed by atoms with E-state index in [1.165, 1.54) is 16.2 Å². The van der Waals surface area contributed by atoms with Crippen LogP contribution in [0.15, 0.2) is 84.4 Å². The van der Waals surface area contributed by atoms with Crippen molar-refractivity contribution in [3.63, 3.8) is 0 Å². The first-order valence-corrected chi connectivity index (χ1v) is 12.0. The normalized spacial score (nSPS) is 15.7. The summed E-state index contributed by atoms with van der Waals surface area (Å²) in [6.45, 7) is 5.67. The molecular weight excluding hydrogens is 458 g/mol. The molecule has 5 rings (SSSR count). The highest BCUT2D eigenvalue weighted by molar-refractivity contribution is 7.17. The lowest BCUT2D eigenvalue weighted by Gasteiger charge is -2.27. The van der Waals surface area contributed by atoms with E-state index in [4.69, 9.17) is 0 Å². The molecule has 7 heteroatoms. The van der Waals surface area contributed by atoms with Gasteiger partial charge in [0.25, 0.3) is 5.91 Å². The van der Waals surface area contributed by atoms with Crippen molar-refractivity contribution in [2.75, 3.05) is 4.90 Å². The predicted octanol–water partition coefficient (Wildman–Crippen LogP) is 5.91. The molecule has 0 saturated heterocycles. The number of aromatic nitrogens is 2. The van der Waals surface area contributed by atoms with Gasteiger partial charge in [0.05, 0.1) is 22.2 Å². The highest BCUT2D eigenvalue weighted by Crippen LogP contribution is 2.43. The fraction of sp³-hybridized carbons (Fsp3) is 0.143. The zero-order valence-electron chi connectivity index (χ0n) is 19.5. The number of amides is 1. The second-order valence-electron chi connectivity index (χ2n) is 8.60. The van der Waals surface area contributed by atoms with Crippen LogP contribution in [-0.2, 0) is 4.79 Å². The number of thiazole rings is 1. The fourth-order valence-corrected chi connectivity index (χ4v) is 5.51. The SMILES string of the molecule is Cc1cc(C)cc(N2C(=O)C(O)=C(C(=O)c3sc(-c4ccccc4)nc3C)C2c2ccncc2)c1. The molecule has 4 aromatic rings. The second-order valence-corrected chi connectivity index (χ2v) is 9.59. The molecule has 1 aliphatic rings. The molecule has 6 nitrogen and oxygen atoms in total. The van der Waals surface area contributed by atoms with E-state index in [0.717, 1.165) is 16.7 Å². The average molecular weight is 482 g/mol. The number of ketones is 1. The predicted molar refractivity (Wildman–Crippen MR) is 137 cm³/mol. The van der Waals surface area contributed by atoms with Crippen LogP contribution in [0.5, 0.6) is 0 Å². The van der Waals surface area contributed by atoms with Crippen LogP contribution in [0.4, 0.5) is 5.69 Å². The first-order chi connectivity index (χ1) is 16.8. The molecule has 0 radical (unpaired) electrons. The standard InChI is InChI=1S/C28H23N3O3S/c1-16-13-17(2)15-21(14-16)31-23(19-9-11-29-12-10-19)22(25(33)28(31)34)24(32)26-18(3)30-27(35-26)20-7-5-4-6-8-20/h4-15,23,33H,1-3H3. The number of nitrogens with zero attached hydrogens (tertiary/aromatic N) is 3. The fourth-order valence-electron chi connectivity index (χ4n) is 4.49. The summed E-state index contributed by atoms with van der Waals surface area (Å²) < 4.78 is 0. The Morgan fingerprint density at radius 1 is 0.971 bits per heavy atom. The Kier molecular flexibility index (Phi) is 5.78. The van der Waals surface area contributed by atoms with E-state index in [1.54, 1.807) is 31.5 Å². The van der Waals surface area contributed by atoms with Crippen molar-refractivity contribution >= 4 is 28.7 Å². The molecule has 1 unspecified atom stereocenters. The summed E-state index contributed by atoms with van der Waals surface area (Å²) in [5.74, 6) is -1.54. The highest BCUT2D eigenvalue weighted by Gasteiger charge is 2.45. The quantitative estimate of drug-likeness (QED) is 0.358. The summed E-state index contributed by atoms with van der Waals surface area (Å²) in [6, 6.07) is 18.1. The van der Waals surface area contributed by atoms with Crippen LogP contribution >= 0.6 is 11.3 Å². The number of anilines is 1. The van der Waals surface area contributed by atoms with Crippen molar-refractivity contribution in [3.8, 4) is 10.6 Å². The van der Waals surface area contributed by atoms with Crippen LogP contribution in [0.2, 0.25) is 0 Å². The third-order valence-corrected chi connectivity index (χ3v) is 7.19. The highest BCUT2D eigenvalue weighted by atomic mass is 32.1. The lowest BCUT2D eigenvalue weighted by Crippen LogP contribution is -2.31. The minimum atomic E-state index is -0.791. The van der Waals surface area contributed by atoms with E-state index in [9.17, 15) is 14.7 Å². The van der Waals surface area contributed by atoms with Crippen LogP contribution in [0, 0.1) is 20.8 Å². The molecule has 2 aromatic heterocycles. The molecule has 1 atom stereocenters. The maximum absolute atomic E-state index is 13.9. The molecule has 0 spiro atoms. The molecule has 0 aliphatic carbocycles. The number of carbonyl (C=O) groups is 2. The third-order valence-electron chi connectivity index (χ3n) is 5.98. The lowest BCUT2D eigenvalue weighted by atomic mass is 9.95. The number of rotatable bonds is 5. The third kappa shape index (κ3) is 4.04.